The summed E-state index contributed by atoms with van der Waals surface area (Å²) in [4.78, 5) is 21.2. The van der Waals surface area contributed by atoms with Crippen LogP contribution >= 0.6 is 0 Å². The minimum Gasteiger partial charge on any atom is -0.384 e. The smallest absolute Gasteiger partial charge is 0.279 e. The Morgan fingerprint density at radius 1 is 1.64 bits per heavy atom. The van der Waals surface area contributed by atoms with Gasteiger partial charge in [0, 0.05) is 6.08 Å². The van der Waals surface area contributed by atoms with Gasteiger partial charge in [0.15, 0.2) is 0 Å². The van der Waals surface area contributed by atoms with E-state index in [1.165, 1.54) is 0 Å². The van der Waals surface area contributed by atoms with Crippen LogP contribution in [-0.4, -0.2) is 23.0 Å². The van der Waals surface area contributed by atoms with Gasteiger partial charge < -0.3 is 5.11 Å². The summed E-state index contributed by atoms with van der Waals surface area (Å²) in [7, 11) is 0. The van der Waals surface area contributed by atoms with Crippen LogP contribution in [0.1, 0.15) is 0 Å². The van der Waals surface area contributed by atoms with Crippen LogP contribution in [0.25, 0.3) is 0 Å². The van der Waals surface area contributed by atoms with Gasteiger partial charge in [-0.3, -0.25) is 9.59 Å². The molecule has 1 atom stereocenters. The van der Waals surface area contributed by atoms with Gasteiger partial charge in [0.2, 0.25) is 0 Å². The quantitative estimate of drug-likeness (QED) is 0.413. The van der Waals surface area contributed by atoms with E-state index in [1.807, 2.05) is 0 Å². The second-order valence-electron chi connectivity index (χ2n) is 2.04. The van der Waals surface area contributed by atoms with Gasteiger partial charge in [-0.15, -0.1) is 6.58 Å². The minimum absolute atomic E-state index is 0.00926. The minimum atomic E-state index is -1.09. The van der Waals surface area contributed by atoms with Crippen molar-refractivity contribution >= 4 is 11.8 Å². The predicted octanol–water partition coefficient (Wildman–Crippen LogP) is -0.869. The fourth-order valence-electron chi connectivity index (χ4n) is 0.731. The molecule has 0 aliphatic carbocycles. The summed E-state index contributed by atoms with van der Waals surface area (Å²) in [5.74, 6) is -1.30. The first-order valence-electron chi connectivity index (χ1n) is 2.97. The fraction of sp³-hybridized carbons (Fsp3) is 0.143. The average Bonchev–Trinajstić information content (AvgIpc) is 2.28. The molecule has 1 unspecified atom stereocenters. The molecule has 11 heavy (non-hydrogen) atoms. The van der Waals surface area contributed by atoms with Gasteiger partial charge in [-0.1, -0.05) is 6.08 Å². The van der Waals surface area contributed by atoms with Gasteiger partial charge in [0.25, 0.3) is 11.8 Å². The van der Waals surface area contributed by atoms with Crippen molar-refractivity contribution in [2.45, 2.75) is 6.10 Å². The summed E-state index contributed by atoms with van der Waals surface area (Å²) in [5, 5.41) is 12.1. The highest BCUT2D eigenvalue weighted by molar-refractivity contribution is 6.16. The number of amides is 2. The molecule has 1 heterocycles. The lowest BCUT2D eigenvalue weighted by molar-refractivity contribution is -0.124. The Balaban J connectivity index is 2.87. The lowest BCUT2D eigenvalue weighted by atomic mass is 10.1. The first-order valence-corrected chi connectivity index (χ1v) is 2.97. The van der Waals surface area contributed by atoms with E-state index in [0.29, 0.717) is 0 Å². The lowest BCUT2D eigenvalue weighted by Gasteiger charge is -2.00. The molecule has 0 bridgehead atoms. The van der Waals surface area contributed by atoms with Crippen molar-refractivity contribution in [3.8, 4) is 0 Å². The molecule has 0 spiro atoms. The molecule has 0 aromatic heterocycles. The van der Waals surface area contributed by atoms with Crippen molar-refractivity contribution in [2.24, 2.45) is 0 Å². The van der Waals surface area contributed by atoms with Gasteiger partial charge in [0.05, 0.1) is 5.57 Å². The third kappa shape index (κ3) is 1.35. The van der Waals surface area contributed by atoms with Crippen molar-refractivity contribution in [1.82, 2.24) is 5.32 Å². The van der Waals surface area contributed by atoms with E-state index >= 15 is 0 Å². The molecule has 1 N–H and O–H groups in total. The van der Waals surface area contributed by atoms with E-state index < -0.39 is 17.9 Å². The molecule has 57 valence electrons. The molecule has 4 heteroatoms. The summed E-state index contributed by atoms with van der Waals surface area (Å²) in [6.07, 6.45) is 1.09. The van der Waals surface area contributed by atoms with Crippen molar-refractivity contribution in [3.63, 3.8) is 0 Å². The molecule has 1 aliphatic heterocycles. The van der Waals surface area contributed by atoms with Crippen molar-refractivity contribution < 1.29 is 14.7 Å². The van der Waals surface area contributed by atoms with E-state index in [9.17, 15) is 9.59 Å². The highest BCUT2D eigenvalue weighted by atomic mass is 16.3. The Bertz CT molecular complexity index is 254. The van der Waals surface area contributed by atoms with Gasteiger partial charge in [-0.2, -0.15) is 5.32 Å². The van der Waals surface area contributed by atoms with E-state index in [1.54, 1.807) is 0 Å². The molecule has 0 aromatic rings. The maximum Gasteiger partial charge on any atom is 0.279 e. The van der Waals surface area contributed by atoms with Crippen LogP contribution in [0.5, 0.6) is 0 Å². The third-order valence-electron chi connectivity index (χ3n) is 1.28. The summed E-state index contributed by atoms with van der Waals surface area (Å²) < 4.78 is 0. The van der Waals surface area contributed by atoms with Crippen molar-refractivity contribution in [1.29, 1.82) is 0 Å². The van der Waals surface area contributed by atoms with Crippen LogP contribution in [0.3, 0.4) is 0 Å². The molecule has 4 nitrogen and oxygen atoms in total. The zero-order chi connectivity index (χ0) is 8.43. The largest absolute Gasteiger partial charge is 0.384 e. The van der Waals surface area contributed by atoms with Crippen LogP contribution < -0.4 is 5.32 Å². The van der Waals surface area contributed by atoms with Crippen molar-refractivity contribution in [2.75, 3.05) is 0 Å². The normalized spacial score (nSPS) is 19.2. The van der Waals surface area contributed by atoms with Gasteiger partial charge in [-0.25, -0.2) is 0 Å². The summed E-state index contributed by atoms with van der Waals surface area (Å²) in [6.45, 7) is 3.27. The number of carbonyl (C=O) groups is 2. The molecular weight excluding hydrogens is 146 g/mol. The van der Waals surface area contributed by atoms with E-state index in [0.717, 1.165) is 12.2 Å². The molecule has 1 aliphatic rings. The molecule has 0 saturated carbocycles. The zero-order valence-electron chi connectivity index (χ0n) is 5.65. The standard InChI is InChI=1S/C7H6NO3/c1-2-5(9)4-3-6(10)8-7(4)11/h2-3,5,9H,1H2. The SMILES string of the molecule is C=CC(O)C1=CC(=O)[N]C1=O. The van der Waals surface area contributed by atoms with Gasteiger partial charge >= 0.3 is 0 Å². The second-order valence-corrected chi connectivity index (χ2v) is 2.04. The number of hydrogen-bond acceptors (Lipinski definition) is 3. The number of aliphatic hydroxyl groups excluding tert-OH is 1. The summed E-state index contributed by atoms with van der Waals surface area (Å²) in [6, 6.07) is 0. The monoisotopic (exact) mass is 152 g/mol. The number of carbonyl (C=O) groups excluding carboxylic acids is 2. The van der Waals surface area contributed by atoms with Crippen LogP contribution in [-0.2, 0) is 9.59 Å². The predicted molar refractivity (Wildman–Crippen MR) is 36.4 cm³/mol. The first kappa shape index (κ1) is 7.68. The van der Waals surface area contributed by atoms with Crippen LogP contribution in [0, 0.1) is 0 Å². The fourth-order valence-corrected chi connectivity index (χ4v) is 0.731. The van der Waals surface area contributed by atoms with Gasteiger partial charge in [0.1, 0.15) is 6.10 Å². The van der Waals surface area contributed by atoms with E-state index in [4.69, 9.17) is 5.11 Å². The first-order chi connectivity index (χ1) is 5.15. The summed E-state index contributed by atoms with van der Waals surface area (Å²) in [5.41, 5.74) is -0.00926. The second kappa shape index (κ2) is 2.67. The van der Waals surface area contributed by atoms with Gasteiger partial charge in [-0.05, 0) is 0 Å². The Labute approximate surface area is 63.2 Å². The van der Waals surface area contributed by atoms with Crippen LogP contribution in [0.4, 0.5) is 0 Å². The lowest BCUT2D eigenvalue weighted by Crippen LogP contribution is -2.18. The number of aliphatic hydroxyl groups is 1. The maximum absolute atomic E-state index is 10.7. The highest BCUT2D eigenvalue weighted by Gasteiger charge is 2.26. The zero-order valence-corrected chi connectivity index (χ0v) is 5.65. The number of nitrogens with zero attached hydrogens (tertiary/aromatic N) is 1. The van der Waals surface area contributed by atoms with Crippen molar-refractivity contribution in [3.05, 3.63) is 24.3 Å². The Morgan fingerprint density at radius 3 is 2.64 bits per heavy atom. The maximum atomic E-state index is 10.7. The van der Waals surface area contributed by atoms with E-state index in [2.05, 4.69) is 11.9 Å². The van der Waals surface area contributed by atoms with E-state index in [-0.39, 0.29) is 5.57 Å². The third-order valence-corrected chi connectivity index (χ3v) is 1.28. The van der Waals surface area contributed by atoms with Crippen LogP contribution in [0.2, 0.25) is 0 Å². The molecular formula is C7H6NO3. The summed E-state index contributed by atoms with van der Waals surface area (Å²) >= 11 is 0. The molecule has 0 saturated heterocycles. The molecule has 2 amide bonds. The molecule has 1 rings (SSSR count). The average molecular weight is 152 g/mol. The Hall–Kier alpha value is -1.42. The number of imide groups is 1. The molecule has 1 radical (unpaired) electrons. The molecule has 0 aromatic carbocycles. The topological polar surface area (TPSA) is 68.5 Å². The number of rotatable bonds is 2. The molecule has 0 fully saturated rings. The Morgan fingerprint density at radius 2 is 2.27 bits per heavy atom. The highest BCUT2D eigenvalue weighted by Crippen LogP contribution is 2.09. The Kier molecular flexibility index (Phi) is 1.87. The number of hydrogen-bond donors (Lipinski definition) is 1. The van der Waals surface area contributed by atoms with Crippen LogP contribution in [0.15, 0.2) is 24.3 Å².